The van der Waals surface area contributed by atoms with Gasteiger partial charge in [-0.2, -0.15) is 0 Å². The van der Waals surface area contributed by atoms with Gasteiger partial charge in [0.05, 0.1) is 12.1 Å². The van der Waals surface area contributed by atoms with Crippen molar-refractivity contribution in [3.05, 3.63) is 75.3 Å². The summed E-state index contributed by atoms with van der Waals surface area (Å²) in [5.74, 6) is -0.351. The van der Waals surface area contributed by atoms with Gasteiger partial charge in [-0.05, 0) is 74.0 Å². The second-order valence-electron chi connectivity index (χ2n) is 8.53. The molecule has 1 heterocycles. The third-order valence-electron chi connectivity index (χ3n) is 6.08. The Labute approximate surface area is 181 Å². The molecule has 0 spiro atoms. The van der Waals surface area contributed by atoms with Gasteiger partial charge in [0, 0.05) is 17.3 Å². The number of nitrogens with one attached hydrogen (secondary N) is 2. The maximum Gasteiger partial charge on any atom is 0.322 e. The summed E-state index contributed by atoms with van der Waals surface area (Å²) in [5.41, 5.74) is 3.91. The minimum absolute atomic E-state index is 0.0727. The molecule has 162 valence electrons. The number of aromatic amines is 1. The predicted octanol–water partition coefficient (Wildman–Crippen LogP) is 5.65. The number of carbonyl (C=O) groups excluding carboxylic acids is 1. The Morgan fingerprint density at radius 2 is 1.81 bits per heavy atom. The maximum atomic E-state index is 13.2. The first-order valence-electron chi connectivity index (χ1n) is 10.9. The summed E-state index contributed by atoms with van der Waals surface area (Å²) in [5, 5.41) is 3.84. The summed E-state index contributed by atoms with van der Waals surface area (Å²) >= 11 is 0. The van der Waals surface area contributed by atoms with Crippen LogP contribution in [0.25, 0.3) is 10.9 Å². The Hall–Kier alpha value is -3.15. The molecular formula is C25H28FN3O2. The summed E-state index contributed by atoms with van der Waals surface area (Å²) in [6.07, 6.45) is 5.13. The number of aromatic nitrogens is 1. The number of aryl methyl sites for hydroxylation is 2. The number of rotatable bonds is 4. The van der Waals surface area contributed by atoms with E-state index >= 15 is 0 Å². The number of nitrogens with zero attached hydrogens (tertiary/aromatic N) is 1. The second kappa shape index (κ2) is 8.92. The fraction of sp³-hybridized carbons (Fsp3) is 0.360. The van der Waals surface area contributed by atoms with Crippen molar-refractivity contribution in [2.45, 2.75) is 58.5 Å². The Morgan fingerprint density at radius 1 is 1.10 bits per heavy atom. The number of urea groups is 1. The minimum Gasteiger partial charge on any atom is -0.321 e. The van der Waals surface area contributed by atoms with Crippen molar-refractivity contribution >= 4 is 22.6 Å². The molecule has 1 saturated carbocycles. The van der Waals surface area contributed by atoms with Crippen molar-refractivity contribution in [3.8, 4) is 0 Å². The van der Waals surface area contributed by atoms with Crippen LogP contribution < -0.4 is 10.9 Å². The quantitative estimate of drug-likeness (QED) is 0.572. The molecule has 5 nitrogen and oxygen atoms in total. The van der Waals surface area contributed by atoms with Crippen LogP contribution in [0.5, 0.6) is 0 Å². The zero-order valence-electron chi connectivity index (χ0n) is 18.0. The van der Waals surface area contributed by atoms with Crippen molar-refractivity contribution in [1.29, 1.82) is 0 Å². The van der Waals surface area contributed by atoms with Gasteiger partial charge in [-0.1, -0.05) is 30.9 Å². The Kier molecular flexibility index (Phi) is 6.07. The van der Waals surface area contributed by atoms with E-state index in [1.807, 2.05) is 32.0 Å². The lowest BCUT2D eigenvalue weighted by molar-refractivity contribution is 0.162. The molecule has 0 radical (unpaired) electrons. The molecule has 1 aromatic heterocycles. The molecule has 31 heavy (non-hydrogen) atoms. The molecule has 2 amide bonds. The van der Waals surface area contributed by atoms with E-state index in [-0.39, 0.29) is 30.0 Å². The number of halogens is 1. The number of H-pyrrole nitrogens is 1. The molecule has 2 N–H and O–H groups in total. The minimum atomic E-state index is -0.351. The van der Waals surface area contributed by atoms with E-state index in [4.69, 9.17) is 0 Å². The van der Waals surface area contributed by atoms with Crippen molar-refractivity contribution in [2.75, 3.05) is 5.32 Å². The molecule has 6 heteroatoms. The normalized spacial score (nSPS) is 14.5. The topological polar surface area (TPSA) is 65.2 Å². The molecule has 0 unspecified atom stereocenters. The summed E-state index contributed by atoms with van der Waals surface area (Å²) < 4.78 is 13.2. The van der Waals surface area contributed by atoms with E-state index in [2.05, 4.69) is 10.3 Å². The summed E-state index contributed by atoms with van der Waals surface area (Å²) in [7, 11) is 0. The molecule has 2 aromatic carbocycles. The van der Waals surface area contributed by atoms with E-state index in [0.29, 0.717) is 11.3 Å². The SMILES string of the molecule is Cc1cc(C)c2[nH]c(=O)c(CN(C(=O)Nc3ccc(F)cc3)C3CCCCC3)cc2c1. The van der Waals surface area contributed by atoms with Crippen LogP contribution in [0.1, 0.15) is 48.8 Å². The van der Waals surface area contributed by atoms with Gasteiger partial charge in [-0.15, -0.1) is 0 Å². The average molecular weight is 422 g/mol. The summed E-state index contributed by atoms with van der Waals surface area (Å²) in [4.78, 5) is 30.8. The van der Waals surface area contributed by atoms with Crippen LogP contribution >= 0.6 is 0 Å². The second-order valence-corrected chi connectivity index (χ2v) is 8.53. The van der Waals surface area contributed by atoms with Crippen LogP contribution in [0.3, 0.4) is 0 Å². The number of benzene rings is 2. The standard InChI is InChI=1S/C25H28FN3O2/c1-16-12-17(2)23-18(13-16)14-19(24(30)28-23)15-29(22-6-4-3-5-7-22)25(31)27-21-10-8-20(26)9-11-21/h8-14,22H,3-7,15H2,1-2H3,(H,27,31)(H,28,30). The Bertz CT molecular complexity index is 1150. The van der Waals surface area contributed by atoms with Crippen molar-refractivity contribution in [3.63, 3.8) is 0 Å². The summed E-state index contributed by atoms with van der Waals surface area (Å²) in [6.45, 7) is 4.24. The van der Waals surface area contributed by atoms with Gasteiger partial charge in [0.15, 0.2) is 0 Å². The average Bonchev–Trinajstić information content (AvgIpc) is 2.75. The lowest BCUT2D eigenvalue weighted by Gasteiger charge is -2.34. The van der Waals surface area contributed by atoms with Gasteiger partial charge in [0.25, 0.3) is 5.56 Å². The number of hydrogen-bond donors (Lipinski definition) is 2. The van der Waals surface area contributed by atoms with Crippen LogP contribution in [0.2, 0.25) is 0 Å². The highest BCUT2D eigenvalue weighted by molar-refractivity contribution is 5.89. The predicted molar refractivity (Wildman–Crippen MR) is 122 cm³/mol. The van der Waals surface area contributed by atoms with Crippen LogP contribution in [0, 0.1) is 19.7 Å². The van der Waals surface area contributed by atoms with E-state index in [9.17, 15) is 14.0 Å². The molecule has 4 rings (SSSR count). The van der Waals surface area contributed by atoms with Crippen molar-refractivity contribution in [1.82, 2.24) is 9.88 Å². The molecule has 0 atom stereocenters. The first-order chi connectivity index (χ1) is 14.9. The van der Waals surface area contributed by atoms with Gasteiger partial charge in [0.1, 0.15) is 5.82 Å². The maximum absolute atomic E-state index is 13.2. The number of amides is 2. The van der Waals surface area contributed by atoms with E-state index in [1.54, 1.807) is 17.0 Å². The number of pyridine rings is 1. The highest BCUT2D eigenvalue weighted by Gasteiger charge is 2.26. The number of carbonyl (C=O) groups is 1. The van der Waals surface area contributed by atoms with Crippen molar-refractivity contribution < 1.29 is 9.18 Å². The van der Waals surface area contributed by atoms with Crippen LogP contribution in [0.4, 0.5) is 14.9 Å². The first kappa shape index (κ1) is 21.1. The highest BCUT2D eigenvalue weighted by Crippen LogP contribution is 2.26. The zero-order valence-corrected chi connectivity index (χ0v) is 18.0. The monoisotopic (exact) mass is 421 g/mol. The molecule has 3 aromatic rings. The molecule has 1 aliphatic rings. The first-order valence-corrected chi connectivity index (χ1v) is 10.9. The lowest BCUT2D eigenvalue weighted by atomic mass is 9.94. The Morgan fingerprint density at radius 3 is 2.52 bits per heavy atom. The lowest BCUT2D eigenvalue weighted by Crippen LogP contribution is -2.44. The molecule has 1 fully saturated rings. The third kappa shape index (κ3) is 4.79. The largest absolute Gasteiger partial charge is 0.322 e. The van der Waals surface area contributed by atoms with E-state index in [1.165, 1.54) is 18.6 Å². The van der Waals surface area contributed by atoms with Gasteiger partial charge >= 0.3 is 6.03 Å². The van der Waals surface area contributed by atoms with Crippen LogP contribution in [0.15, 0.2) is 47.3 Å². The Balaban J connectivity index is 1.65. The van der Waals surface area contributed by atoms with E-state index in [0.717, 1.165) is 47.7 Å². The van der Waals surface area contributed by atoms with Gasteiger partial charge < -0.3 is 15.2 Å². The van der Waals surface area contributed by atoms with Crippen LogP contribution in [-0.2, 0) is 6.54 Å². The van der Waals surface area contributed by atoms with Crippen LogP contribution in [-0.4, -0.2) is 22.0 Å². The number of fused-ring (bicyclic) bond motifs is 1. The number of anilines is 1. The molecular weight excluding hydrogens is 393 g/mol. The number of hydrogen-bond acceptors (Lipinski definition) is 2. The van der Waals surface area contributed by atoms with Crippen molar-refractivity contribution in [2.24, 2.45) is 0 Å². The molecule has 0 saturated heterocycles. The van der Waals surface area contributed by atoms with Gasteiger partial charge in [0.2, 0.25) is 0 Å². The highest BCUT2D eigenvalue weighted by atomic mass is 19.1. The van der Waals surface area contributed by atoms with Gasteiger partial charge in [-0.25, -0.2) is 9.18 Å². The molecule has 1 aliphatic carbocycles. The molecule has 0 aliphatic heterocycles. The fourth-order valence-electron chi connectivity index (χ4n) is 4.52. The fourth-order valence-corrected chi connectivity index (χ4v) is 4.52. The third-order valence-corrected chi connectivity index (χ3v) is 6.08. The summed E-state index contributed by atoms with van der Waals surface area (Å²) in [6, 6.07) is 11.5. The van der Waals surface area contributed by atoms with Gasteiger partial charge in [-0.3, -0.25) is 4.79 Å². The zero-order chi connectivity index (χ0) is 22.0. The van der Waals surface area contributed by atoms with E-state index < -0.39 is 0 Å². The smallest absolute Gasteiger partial charge is 0.321 e. The molecule has 0 bridgehead atoms.